The van der Waals surface area contributed by atoms with Gasteiger partial charge in [-0.2, -0.15) is 0 Å². The number of aliphatic hydroxyl groups excluding tert-OH is 1. The molecule has 1 aromatic carbocycles. The molecule has 28 heavy (non-hydrogen) atoms. The summed E-state index contributed by atoms with van der Waals surface area (Å²) in [5.41, 5.74) is 2.70. The zero-order chi connectivity index (χ0) is 20.1. The third-order valence-corrected chi connectivity index (χ3v) is 5.16. The zero-order valence-corrected chi connectivity index (χ0v) is 17.4. The molecular formula is C23H27ClN2O2. The number of furan rings is 1. The molecular weight excluding hydrogens is 372 g/mol. The Bertz CT molecular complexity index is 953. The van der Waals surface area contributed by atoms with Crippen LogP contribution in [-0.2, 0) is 13.0 Å². The van der Waals surface area contributed by atoms with Gasteiger partial charge in [0.05, 0.1) is 24.5 Å². The third kappa shape index (κ3) is 4.75. The molecule has 0 radical (unpaired) electrons. The monoisotopic (exact) mass is 398 g/mol. The van der Waals surface area contributed by atoms with Crippen molar-refractivity contribution < 1.29 is 9.52 Å². The van der Waals surface area contributed by atoms with E-state index in [1.54, 1.807) is 6.92 Å². The van der Waals surface area contributed by atoms with Crippen LogP contribution in [0.3, 0.4) is 0 Å². The van der Waals surface area contributed by atoms with Crippen LogP contribution >= 0.6 is 11.6 Å². The van der Waals surface area contributed by atoms with Crippen molar-refractivity contribution in [1.29, 1.82) is 0 Å². The van der Waals surface area contributed by atoms with Crippen molar-refractivity contribution in [3.05, 3.63) is 76.2 Å². The zero-order valence-electron chi connectivity index (χ0n) is 16.7. The van der Waals surface area contributed by atoms with Gasteiger partial charge in [-0.05, 0) is 50.1 Å². The van der Waals surface area contributed by atoms with Crippen LogP contribution in [0.1, 0.15) is 55.3 Å². The first-order valence-electron chi connectivity index (χ1n) is 9.73. The van der Waals surface area contributed by atoms with Crippen molar-refractivity contribution in [2.45, 2.75) is 52.7 Å². The van der Waals surface area contributed by atoms with Crippen LogP contribution in [0.25, 0.3) is 11.6 Å². The highest BCUT2D eigenvalue weighted by Gasteiger charge is 2.16. The highest BCUT2D eigenvalue weighted by atomic mass is 35.5. The second-order valence-corrected chi connectivity index (χ2v) is 7.47. The van der Waals surface area contributed by atoms with Crippen LogP contribution in [0.2, 0.25) is 5.02 Å². The number of halogens is 1. The number of aliphatic hydroxyl groups is 1. The molecule has 4 nitrogen and oxygen atoms in total. The number of hydrogen-bond donors (Lipinski definition) is 1. The topological polar surface area (TPSA) is 51.2 Å². The molecule has 0 bridgehead atoms. The second kappa shape index (κ2) is 9.26. The summed E-state index contributed by atoms with van der Waals surface area (Å²) in [6.07, 6.45) is 6.24. The minimum Gasteiger partial charge on any atom is -0.462 e. The van der Waals surface area contributed by atoms with Gasteiger partial charge in [-0.1, -0.05) is 43.1 Å². The van der Waals surface area contributed by atoms with Gasteiger partial charge in [0.15, 0.2) is 0 Å². The number of rotatable bonds is 8. The summed E-state index contributed by atoms with van der Waals surface area (Å²) in [5, 5.41) is 11.1. The lowest BCUT2D eigenvalue weighted by molar-refractivity contribution is 0.251. The summed E-state index contributed by atoms with van der Waals surface area (Å²) in [6, 6.07) is 11.7. The molecule has 0 amide bonds. The number of aryl methyl sites for hydroxylation is 2. The Balaban J connectivity index is 2.04. The minimum atomic E-state index is -0.659. The van der Waals surface area contributed by atoms with E-state index in [1.807, 2.05) is 55.6 Å². The van der Waals surface area contributed by atoms with Gasteiger partial charge < -0.3 is 14.1 Å². The predicted octanol–water partition coefficient (Wildman–Crippen LogP) is 5.75. The van der Waals surface area contributed by atoms with E-state index >= 15 is 0 Å². The van der Waals surface area contributed by atoms with E-state index in [2.05, 4.69) is 16.5 Å². The van der Waals surface area contributed by atoms with Gasteiger partial charge >= 0.3 is 0 Å². The molecule has 0 spiro atoms. The van der Waals surface area contributed by atoms with Crippen molar-refractivity contribution in [2.24, 2.45) is 0 Å². The Morgan fingerprint density at radius 2 is 2.07 bits per heavy atom. The van der Waals surface area contributed by atoms with E-state index in [9.17, 15) is 5.11 Å². The molecule has 1 N–H and O–H groups in total. The molecule has 1 unspecified atom stereocenters. The summed E-state index contributed by atoms with van der Waals surface area (Å²) < 4.78 is 7.92. The van der Waals surface area contributed by atoms with Crippen LogP contribution in [0.4, 0.5) is 0 Å². The van der Waals surface area contributed by atoms with Gasteiger partial charge in [-0.15, -0.1) is 0 Å². The number of imidazole rings is 1. The quantitative estimate of drug-likeness (QED) is 0.525. The average molecular weight is 399 g/mol. The first kappa shape index (κ1) is 20.4. The average Bonchev–Trinajstić information content (AvgIpc) is 3.26. The summed E-state index contributed by atoms with van der Waals surface area (Å²) in [5.74, 6) is 2.51. The fourth-order valence-corrected chi connectivity index (χ4v) is 3.40. The highest BCUT2D eigenvalue weighted by Crippen LogP contribution is 2.26. The summed E-state index contributed by atoms with van der Waals surface area (Å²) in [4.78, 5) is 4.65. The first-order valence-corrected chi connectivity index (χ1v) is 10.1. The Morgan fingerprint density at radius 1 is 1.29 bits per heavy atom. The van der Waals surface area contributed by atoms with Gasteiger partial charge in [0.1, 0.15) is 17.3 Å². The van der Waals surface area contributed by atoms with Crippen molar-refractivity contribution in [1.82, 2.24) is 9.55 Å². The highest BCUT2D eigenvalue weighted by molar-refractivity contribution is 6.31. The van der Waals surface area contributed by atoms with Crippen LogP contribution in [0, 0.1) is 6.92 Å². The molecule has 0 saturated heterocycles. The van der Waals surface area contributed by atoms with Crippen molar-refractivity contribution >= 4 is 23.3 Å². The van der Waals surface area contributed by atoms with Crippen LogP contribution in [0.5, 0.6) is 0 Å². The summed E-state index contributed by atoms with van der Waals surface area (Å²) in [7, 11) is 0. The van der Waals surface area contributed by atoms with E-state index in [0.717, 1.165) is 52.7 Å². The Labute approximate surface area is 171 Å². The fourth-order valence-electron chi connectivity index (χ4n) is 3.20. The molecule has 5 heteroatoms. The first-order chi connectivity index (χ1) is 13.5. The van der Waals surface area contributed by atoms with Gasteiger partial charge in [0.25, 0.3) is 0 Å². The second-order valence-electron chi connectivity index (χ2n) is 7.07. The maximum atomic E-state index is 10.3. The molecule has 3 rings (SSSR count). The lowest BCUT2D eigenvalue weighted by atomic mass is 10.1. The van der Waals surface area contributed by atoms with Crippen molar-refractivity contribution in [2.75, 3.05) is 0 Å². The van der Waals surface area contributed by atoms with Gasteiger partial charge in [0.2, 0.25) is 0 Å². The van der Waals surface area contributed by atoms with Gasteiger partial charge in [-0.25, -0.2) is 4.98 Å². The normalized spacial score (nSPS) is 13.1. The van der Waals surface area contributed by atoms with E-state index in [-0.39, 0.29) is 0 Å². The minimum absolute atomic E-state index is 0.634. The maximum absolute atomic E-state index is 10.3. The number of unbranched alkanes of at least 4 members (excludes halogenated alkanes) is 1. The van der Waals surface area contributed by atoms with Crippen LogP contribution in [-0.4, -0.2) is 20.8 Å². The largest absolute Gasteiger partial charge is 0.462 e. The van der Waals surface area contributed by atoms with E-state index < -0.39 is 6.10 Å². The SMILES string of the molecule is CCCCc1ncc(C=C(c2ccc(C)o2)C(C)O)n1Cc1ccccc1Cl. The van der Waals surface area contributed by atoms with E-state index in [1.165, 1.54) is 0 Å². The van der Waals surface area contributed by atoms with Crippen LogP contribution < -0.4 is 0 Å². The maximum Gasteiger partial charge on any atom is 0.132 e. The lowest BCUT2D eigenvalue weighted by Crippen LogP contribution is -2.09. The predicted molar refractivity (Wildman–Crippen MR) is 114 cm³/mol. The third-order valence-electron chi connectivity index (χ3n) is 4.79. The lowest BCUT2D eigenvalue weighted by Gasteiger charge is -2.13. The molecule has 0 saturated carbocycles. The van der Waals surface area contributed by atoms with E-state index in [4.69, 9.17) is 16.0 Å². The Hall–Kier alpha value is -2.30. The summed E-state index contributed by atoms with van der Waals surface area (Å²) in [6.45, 7) is 6.45. The van der Waals surface area contributed by atoms with E-state index in [0.29, 0.717) is 12.3 Å². The molecule has 1 atom stereocenters. The number of nitrogens with zero attached hydrogens (tertiary/aromatic N) is 2. The Morgan fingerprint density at radius 3 is 2.71 bits per heavy atom. The van der Waals surface area contributed by atoms with Crippen LogP contribution in [0.15, 0.2) is 47.0 Å². The summed E-state index contributed by atoms with van der Waals surface area (Å²) >= 11 is 6.40. The smallest absolute Gasteiger partial charge is 0.132 e. The van der Waals surface area contributed by atoms with Gasteiger partial charge in [0, 0.05) is 17.0 Å². The molecule has 0 aliphatic heterocycles. The molecule has 3 aromatic rings. The van der Waals surface area contributed by atoms with Crippen molar-refractivity contribution in [3.8, 4) is 0 Å². The molecule has 0 aliphatic rings. The number of aromatic nitrogens is 2. The molecule has 148 valence electrons. The number of benzene rings is 1. The molecule has 2 aromatic heterocycles. The molecule has 2 heterocycles. The fraction of sp³-hybridized carbons (Fsp3) is 0.348. The van der Waals surface area contributed by atoms with Crippen molar-refractivity contribution in [3.63, 3.8) is 0 Å². The molecule has 0 fully saturated rings. The Kier molecular flexibility index (Phi) is 6.76. The molecule has 0 aliphatic carbocycles. The standard InChI is InChI=1S/C23H27ClN2O2/c1-4-5-10-23-25-14-19(26(23)15-18-8-6-7-9-21(18)24)13-20(17(3)27)22-12-11-16(2)28-22/h6-9,11-14,17,27H,4-5,10,15H2,1-3H3. The number of hydrogen-bond acceptors (Lipinski definition) is 3. The van der Waals surface area contributed by atoms with Gasteiger partial charge in [-0.3, -0.25) is 0 Å².